The maximum absolute atomic E-state index is 13.2. The number of hydrogen-bond acceptors (Lipinski definition) is 2. The van der Waals surface area contributed by atoms with Crippen LogP contribution in [0.3, 0.4) is 0 Å². The third-order valence-corrected chi connectivity index (χ3v) is 3.33. The molecule has 1 amide bonds. The predicted molar refractivity (Wildman–Crippen MR) is 67.3 cm³/mol. The fraction of sp³-hybridized carbons (Fsp3) is 0.417. The SMILES string of the molecule is CC(CO)C(C)NC(=O)c1ccc(Br)c(F)c1. The summed E-state index contributed by atoms with van der Waals surface area (Å²) < 4.78 is 13.6. The zero-order chi connectivity index (χ0) is 13.0. The van der Waals surface area contributed by atoms with Gasteiger partial charge in [-0.2, -0.15) is 0 Å². The van der Waals surface area contributed by atoms with Gasteiger partial charge in [-0.15, -0.1) is 0 Å². The molecule has 2 unspecified atom stereocenters. The zero-order valence-corrected chi connectivity index (χ0v) is 11.3. The van der Waals surface area contributed by atoms with E-state index in [-0.39, 0.29) is 30.0 Å². The summed E-state index contributed by atoms with van der Waals surface area (Å²) >= 11 is 3.02. The highest BCUT2D eigenvalue weighted by molar-refractivity contribution is 9.10. The molecule has 0 aromatic heterocycles. The van der Waals surface area contributed by atoms with Crippen molar-refractivity contribution in [2.75, 3.05) is 6.61 Å². The molecule has 1 rings (SSSR count). The van der Waals surface area contributed by atoms with Crippen molar-refractivity contribution in [3.05, 3.63) is 34.1 Å². The molecule has 0 aliphatic rings. The summed E-state index contributed by atoms with van der Waals surface area (Å²) in [6, 6.07) is 4.04. The summed E-state index contributed by atoms with van der Waals surface area (Å²) in [6.07, 6.45) is 0. The van der Waals surface area contributed by atoms with Crippen LogP contribution in [-0.4, -0.2) is 23.7 Å². The summed E-state index contributed by atoms with van der Waals surface area (Å²) in [5.41, 5.74) is 0.266. The number of amides is 1. The van der Waals surface area contributed by atoms with Gasteiger partial charge in [0.1, 0.15) is 5.82 Å². The second-order valence-electron chi connectivity index (χ2n) is 4.05. The number of hydrogen-bond donors (Lipinski definition) is 2. The highest BCUT2D eigenvalue weighted by atomic mass is 79.9. The molecule has 17 heavy (non-hydrogen) atoms. The van der Waals surface area contributed by atoms with E-state index in [1.54, 1.807) is 13.0 Å². The number of carbonyl (C=O) groups is 1. The Kier molecular flexibility index (Phi) is 5.08. The van der Waals surface area contributed by atoms with Crippen molar-refractivity contribution in [2.24, 2.45) is 5.92 Å². The van der Waals surface area contributed by atoms with Crippen LogP contribution in [0.4, 0.5) is 4.39 Å². The first-order chi connectivity index (χ1) is 7.95. The Bertz CT molecular complexity index is 411. The van der Waals surface area contributed by atoms with E-state index in [2.05, 4.69) is 21.2 Å². The number of carbonyl (C=O) groups excluding carboxylic acids is 1. The minimum Gasteiger partial charge on any atom is -0.396 e. The smallest absolute Gasteiger partial charge is 0.251 e. The first kappa shape index (κ1) is 14.1. The minimum atomic E-state index is -0.472. The molecular weight excluding hydrogens is 289 g/mol. The minimum absolute atomic E-state index is 0.00382. The molecule has 0 aliphatic heterocycles. The molecule has 0 saturated carbocycles. The van der Waals surface area contributed by atoms with E-state index >= 15 is 0 Å². The van der Waals surface area contributed by atoms with Crippen molar-refractivity contribution in [1.82, 2.24) is 5.32 Å². The van der Waals surface area contributed by atoms with Gasteiger partial charge in [-0.25, -0.2) is 4.39 Å². The molecule has 0 saturated heterocycles. The molecule has 94 valence electrons. The largest absolute Gasteiger partial charge is 0.396 e. The Morgan fingerprint density at radius 1 is 1.53 bits per heavy atom. The van der Waals surface area contributed by atoms with Crippen LogP contribution in [0.5, 0.6) is 0 Å². The molecule has 2 N–H and O–H groups in total. The molecule has 0 fully saturated rings. The van der Waals surface area contributed by atoms with Gasteiger partial charge in [0.15, 0.2) is 0 Å². The fourth-order valence-corrected chi connectivity index (χ4v) is 1.47. The molecular formula is C12H15BrFNO2. The van der Waals surface area contributed by atoms with Crippen LogP contribution in [0.25, 0.3) is 0 Å². The molecule has 5 heteroatoms. The van der Waals surface area contributed by atoms with Crippen molar-refractivity contribution in [2.45, 2.75) is 19.9 Å². The second-order valence-corrected chi connectivity index (χ2v) is 4.91. The Labute approximate surface area is 108 Å². The lowest BCUT2D eigenvalue weighted by Gasteiger charge is -2.19. The number of aliphatic hydroxyl groups is 1. The van der Waals surface area contributed by atoms with Gasteiger partial charge in [-0.1, -0.05) is 6.92 Å². The van der Waals surface area contributed by atoms with Gasteiger partial charge in [-0.05, 0) is 47.0 Å². The Hall–Kier alpha value is -0.940. The monoisotopic (exact) mass is 303 g/mol. The zero-order valence-electron chi connectivity index (χ0n) is 9.71. The van der Waals surface area contributed by atoms with E-state index in [0.717, 1.165) is 0 Å². The van der Waals surface area contributed by atoms with Gasteiger partial charge < -0.3 is 10.4 Å². The molecule has 1 aromatic rings. The normalized spacial score (nSPS) is 14.2. The molecule has 0 bridgehead atoms. The van der Waals surface area contributed by atoms with Crippen molar-refractivity contribution in [1.29, 1.82) is 0 Å². The lowest BCUT2D eigenvalue weighted by molar-refractivity contribution is 0.0916. The molecule has 0 heterocycles. The van der Waals surface area contributed by atoms with Crippen molar-refractivity contribution in [3.63, 3.8) is 0 Å². The highest BCUT2D eigenvalue weighted by Crippen LogP contribution is 2.16. The maximum Gasteiger partial charge on any atom is 0.251 e. The van der Waals surface area contributed by atoms with E-state index in [9.17, 15) is 9.18 Å². The van der Waals surface area contributed by atoms with E-state index in [4.69, 9.17) is 5.11 Å². The summed E-state index contributed by atoms with van der Waals surface area (Å²) in [6.45, 7) is 3.62. The average molecular weight is 304 g/mol. The van der Waals surface area contributed by atoms with Crippen LogP contribution in [0.1, 0.15) is 24.2 Å². The van der Waals surface area contributed by atoms with E-state index in [1.165, 1.54) is 12.1 Å². The standard InChI is InChI=1S/C12H15BrFNO2/c1-7(6-16)8(2)15-12(17)9-3-4-10(13)11(14)5-9/h3-5,7-8,16H,6H2,1-2H3,(H,15,17). The quantitative estimate of drug-likeness (QED) is 0.897. The van der Waals surface area contributed by atoms with Crippen LogP contribution >= 0.6 is 15.9 Å². The Balaban J connectivity index is 2.73. The number of benzene rings is 1. The van der Waals surface area contributed by atoms with Crippen molar-refractivity contribution in [3.8, 4) is 0 Å². The number of rotatable bonds is 4. The van der Waals surface area contributed by atoms with Gasteiger partial charge in [0.05, 0.1) is 4.47 Å². The summed E-state index contributed by atoms with van der Waals surface area (Å²) in [5, 5.41) is 11.7. The van der Waals surface area contributed by atoms with Crippen LogP contribution in [0, 0.1) is 11.7 Å². The number of nitrogens with one attached hydrogen (secondary N) is 1. The topological polar surface area (TPSA) is 49.3 Å². The molecule has 0 aliphatic carbocycles. The maximum atomic E-state index is 13.2. The van der Waals surface area contributed by atoms with Crippen LogP contribution in [0.2, 0.25) is 0 Å². The first-order valence-corrected chi connectivity index (χ1v) is 6.11. The lowest BCUT2D eigenvalue weighted by atomic mass is 10.0. The van der Waals surface area contributed by atoms with Crippen molar-refractivity contribution < 1.29 is 14.3 Å². The highest BCUT2D eigenvalue weighted by Gasteiger charge is 2.15. The number of halogens is 2. The summed E-state index contributed by atoms with van der Waals surface area (Å²) in [7, 11) is 0. The first-order valence-electron chi connectivity index (χ1n) is 5.32. The third-order valence-electron chi connectivity index (χ3n) is 2.68. The lowest BCUT2D eigenvalue weighted by Crippen LogP contribution is -2.38. The Morgan fingerprint density at radius 2 is 2.18 bits per heavy atom. The van der Waals surface area contributed by atoms with Gasteiger partial charge in [0.25, 0.3) is 5.91 Å². The van der Waals surface area contributed by atoms with E-state index < -0.39 is 5.82 Å². The van der Waals surface area contributed by atoms with Gasteiger partial charge >= 0.3 is 0 Å². The number of aliphatic hydroxyl groups excluding tert-OH is 1. The predicted octanol–water partition coefficient (Wildman–Crippen LogP) is 2.33. The second kappa shape index (κ2) is 6.12. The third kappa shape index (κ3) is 3.78. The molecule has 1 aromatic carbocycles. The van der Waals surface area contributed by atoms with E-state index in [1.807, 2.05) is 6.92 Å². The van der Waals surface area contributed by atoms with Crippen molar-refractivity contribution >= 4 is 21.8 Å². The van der Waals surface area contributed by atoms with Crippen LogP contribution in [0.15, 0.2) is 22.7 Å². The van der Waals surface area contributed by atoms with Crippen LogP contribution < -0.4 is 5.32 Å². The Morgan fingerprint density at radius 3 is 2.71 bits per heavy atom. The van der Waals surface area contributed by atoms with E-state index in [0.29, 0.717) is 4.47 Å². The van der Waals surface area contributed by atoms with Crippen LogP contribution in [-0.2, 0) is 0 Å². The summed E-state index contributed by atoms with van der Waals surface area (Å²) in [4.78, 5) is 11.8. The fourth-order valence-electron chi connectivity index (χ4n) is 1.23. The van der Waals surface area contributed by atoms with Gasteiger partial charge in [0, 0.05) is 18.2 Å². The summed E-state index contributed by atoms with van der Waals surface area (Å²) in [5.74, 6) is -0.857. The molecule has 2 atom stereocenters. The molecule has 0 spiro atoms. The average Bonchev–Trinajstić information content (AvgIpc) is 2.31. The van der Waals surface area contributed by atoms with Gasteiger partial charge in [0.2, 0.25) is 0 Å². The van der Waals surface area contributed by atoms with Gasteiger partial charge in [-0.3, -0.25) is 4.79 Å². The molecule has 0 radical (unpaired) electrons. The molecule has 3 nitrogen and oxygen atoms in total.